The lowest BCUT2D eigenvalue weighted by Crippen LogP contribution is -2.46. The van der Waals surface area contributed by atoms with Crippen molar-refractivity contribution in [3.8, 4) is 11.5 Å². The van der Waals surface area contributed by atoms with Crippen molar-refractivity contribution in [2.45, 2.75) is 24.9 Å². The van der Waals surface area contributed by atoms with Crippen molar-refractivity contribution in [3.63, 3.8) is 0 Å². The number of amides is 2. The summed E-state index contributed by atoms with van der Waals surface area (Å²) >= 11 is 9.34. The third kappa shape index (κ3) is 4.55. The van der Waals surface area contributed by atoms with Crippen molar-refractivity contribution in [2.24, 2.45) is 17.8 Å². The van der Waals surface area contributed by atoms with Gasteiger partial charge in [-0.25, -0.2) is 4.98 Å². The lowest BCUT2D eigenvalue weighted by Gasteiger charge is -2.42. The number of phenols is 1. The minimum Gasteiger partial charge on any atom is -0.508 e. The number of alkyl halides is 3. The van der Waals surface area contributed by atoms with Crippen molar-refractivity contribution in [3.05, 3.63) is 80.0 Å². The molecule has 2 amide bonds. The first-order valence-electron chi connectivity index (χ1n) is 13.4. The SMILES string of the molecule is COc1cc(O)ccc1[C@H]1C2=CC[C@@H]3C(=O)N(N(C)c4nc(C(F)(F)F)ccc4Cl)C(=O)[C@@H]3[C@@H]2CC2=C1C(=O)C=C(Br)C2=O. The number of halogens is 5. The van der Waals surface area contributed by atoms with Gasteiger partial charge in [-0.2, -0.15) is 18.2 Å². The number of carbonyl (C=O) groups is 4. The van der Waals surface area contributed by atoms with Crippen LogP contribution in [0.3, 0.4) is 0 Å². The largest absolute Gasteiger partial charge is 0.508 e. The van der Waals surface area contributed by atoms with Gasteiger partial charge in [0.2, 0.25) is 0 Å². The van der Waals surface area contributed by atoms with E-state index in [-0.39, 0.29) is 45.0 Å². The number of phenolic OH excluding ortho intramolecular Hbond substituents is 1. The van der Waals surface area contributed by atoms with Crippen molar-refractivity contribution in [1.82, 2.24) is 9.99 Å². The fourth-order valence-electron chi connectivity index (χ4n) is 6.69. The molecule has 228 valence electrons. The molecule has 4 atom stereocenters. The molecule has 2 aromatic rings. The predicted molar refractivity (Wildman–Crippen MR) is 154 cm³/mol. The monoisotopic (exact) mass is 691 g/mol. The highest BCUT2D eigenvalue weighted by Crippen LogP contribution is 2.56. The number of carbonyl (C=O) groups excluding carboxylic acids is 4. The van der Waals surface area contributed by atoms with E-state index in [0.717, 1.165) is 16.1 Å². The van der Waals surface area contributed by atoms with Gasteiger partial charge in [0.1, 0.15) is 17.2 Å². The van der Waals surface area contributed by atoms with Crippen molar-refractivity contribution in [1.29, 1.82) is 0 Å². The number of aromatic nitrogens is 1. The molecule has 1 fully saturated rings. The number of methoxy groups -OCH3 is 1. The lowest BCUT2D eigenvalue weighted by atomic mass is 9.59. The normalized spacial score (nSPS) is 24.9. The summed E-state index contributed by atoms with van der Waals surface area (Å²) in [5, 5.41) is 11.6. The van der Waals surface area contributed by atoms with Crippen LogP contribution in [0.2, 0.25) is 5.02 Å². The fraction of sp³-hybridized carbons (Fsp3) is 0.300. The molecule has 0 unspecified atom stereocenters. The summed E-state index contributed by atoms with van der Waals surface area (Å²) < 4.78 is 45.9. The second-order valence-electron chi connectivity index (χ2n) is 10.8. The van der Waals surface area contributed by atoms with Crippen LogP contribution in [0, 0.1) is 17.8 Å². The van der Waals surface area contributed by atoms with E-state index in [9.17, 15) is 37.5 Å². The molecule has 2 heterocycles. The van der Waals surface area contributed by atoms with Gasteiger partial charge in [0.15, 0.2) is 17.4 Å². The van der Waals surface area contributed by atoms with Gasteiger partial charge in [0.25, 0.3) is 11.8 Å². The number of imide groups is 1. The van der Waals surface area contributed by atoms with Crippen molar-refractivity contribution >= 4 is 56.7 Å². The molecule has 9 nitrogen and oxygen atoms in total. The van der Waals surface area contributed by atoms with Gasteiger partial charge in [-0.1, -0.05) is 29.3 Å². The Morgan fingerprint density at radius 3 is 2.52 bits per heavy atom. The van der Waals surface area contributed by atoms with Crippen LogP contribution in [0.5, 0.6) is 11.5 Å². The van der Waals surface area contributed by atoms with Crippen molar-refractivity contribution in [2.75, 3.05) is 19.2 Å². The molecule has 0 radical (unpaired) electrons. The number of fused-ring (bicyclic) bond motifs is 3. The summed E-state index contributed by atoms with van der Waals surface area (Å²) in [6.45, 7) is 0. The Hall–Kier alpha value is -3.97. The maximum Gasteiger partial charge on any atom is 0.433 e. The first-order valence-corrected chi connectivity index (χ1v) is 14.5. The maximum absolute atomic E-state index is 14.1. The average molecular weight is 693 g/mol. The first kappa shape index (κ1) is 30.1. The van der Waals surface area contributed by atoms with Crippen LogP contribution in [-0.2, 0) is 25.4 Å². The number of pyridine rings is 1. The molecule has 3 aliphatic carbocycles. The predicted octanol–water partition coefficient (Wildman–Crippen LogP) is 5.28. The highest BCUT2D eigenvalue weighted by molar-refractivity contribution is 9.12. The molecule has 4 aliphatic rings. The van der Waals surface area contributed by atoms with Crippen LogP contribution in [0.4, 0.5) is 19.0 Å². The third-order valence-corrected chi connectivity index (χ3v) is 9.44. The van der Waals surface area contributed by atoms with Gasteiger partial charge in [-0.3, -0.25) is 24.2 Å². The smallest absolute Gasteiger partial charge is 0.433 e. The number of nitrogens with zero attached hydrogens (tertiary/aromatic N) is 3. The molecule has 1 saturated heterocycles. The van der Waals surface area contributed by atoms with E-state index in [2.05, 4.69) is 20.9 Å². The van der Waals surface area contributed by atoms with Crippen LogP contribution < -0.4 is 9.75 Å². The standard InChI is InChI=1S/C30H22BrClF3N3O6/c1-37(27-19(32)7-8-22(36-27)30(33,34)35)38-28(42)15-6-5-13-16(24(15)29(38)43)10-17-25(20(40)11-18(31)26(17)41)23(13)14-4-3-12(39)9-21(14)44-2/h3-5,7-9,11,15-16,23-24,39H,6,10H2,1-2H3/t15-,16+,23+,24-/m0/s1. The number of benzene rings is 1. The zero-order valence-corrected chi connectivity index (χ0v) is 25.3. The van der Waals surface area contributed by atoms with Crippen LogP contribution in [-0.4, -0.2) is 52.6 Å². The quantitative estimate of drug-likeness (QED) is 0.262. The molecule has 6 rings (SSSR count). The maximum atomic E-state index is 14.1. The van der Waals surface area contributed by atoms with E-state index in [1.165, 1.54) is 32.4 Å². The minimum absolute atomic E-state index is 0.0219. The second kappa shape index (κ2) is 10.6. The molecule has 1 N–H and O–H groups in total. The van der Waals surface area contributed by atoms with Gasteiger partial charge in [-0.15, -0.1) is 0 Å². The van der Waals surface area contributed by atoms with Gasteiger partial charge in [0, 0.05) is 41.8 Å². The topological polar surface area (TPSA) is 117 Å². The molecule has 14 heteroatoms. The summed E-state index contributed by atoms with van der Waals surface area (Å²) in [5.74, 6) is -5.90. The molecule has 0 saturated carbocycles. The molecule has 0 spiro atoms. The summed E-state index contributed by atoms with van der Waals surface area (Å²) in [7, 11) is 2.62. The van der Waals surface area contributed by atoms with Gasteiger partial charge < -0.3 is 9.84 Å². The summed E-state index contributed by atoms with van der Waals surface area (Å²) in [5.41, 5.74) is 0.254. The van der Waals surface area contributed by atoms with E-state index < -0.39 is 64.7 Å². The number of aromatic hydroxyl groups is 1. The van der Waals surface area contributed by atoms with Crippen LogP contribution >= 0.6 is 27.5 Å². The molecule has 1 aromatic heterocycles. The van der Waals surface area contributed by atoms with Crippen LogP contribution in [0.1, 0.15) is 30.0 Å². The van der Waals surface area contributed by atoms with E-state index in [0.29, 0.717) is 17.2 Å². The number of hydrogen-bond acceptors (Lipinski definition) is 8. The highest BCUT2D eigenvalue weighted by Gasteiger charge is 2.58. The first-order chi connectivity index (χ1) is 20.7. The summed E-state index contributed by atoms with van der Waals surface area (Å²) in [6, 6.07) is 6.06. The third-order valence-electron chi connectivity index (χ3n) is 8.56. The number of allylic oxidation sites excluding steroid dienone is 6. The number of anilines is 1. The lowest BCUT2D eigenvalue weighted by molar-refractivity contribution is -0.141. The second-order valence-corrected chi connectivity index (χ2v) is 12.1. The fourth-order valence-corrected chi connectivity index (χ4v) is 7.37. The Balaban J connectivity index is 1.45. The Labute approximate surface area is 261 Å². The Morgan fingerprint density at radius 1 is 1.11 bits per heavy atom. The molecular weight excluding hydrogens is 671 g/mol. The average Bonchev–Trinajstić information content (AvgIpc) is 3.23. The number of Topliss-reactive ketones (excluding diaryl/α,β-unsaturated/α-hetero) is 1. The molecule has 1 aromatic carbocycles. The van der Waals surface area contributed by atoms with Gasteiger partial charge >= 0.3 is 6.18 Å². The number of rotatable bonds is 4. The molecular formula is C30H22BrClF3N3O6. The zero-order valence-electron chi connectivity index (χ0n) is 23.0. The van der Waals surface area contributed by atoms with Crippen LogP contribution in [0.15, 0.2) is 63.7 Å². The van der Waals surface area contributed by atoms with E-state index in [1.807, 2.05) is 0 Å². The van der Waals surface area contributed by atoms with E-state index in [4.69, 9.17) is 16.3 Å². The Morgan fingerprint density at radius 2 is 1.84 bits per heavy atom. The number of hydrogen-bond donors (Lipinski definition) is 1. The Kier molecular flexibility index (Phi) is 7.23. The van der Waals surface area contributed by atoms with Gasteiger partial charge in [0.05, 0.1) is 28.5 Å². The number of ether oxygens (including phenoxy) is 1. The Bertz CT molecular complexity index is 1770. The summed E-state index contributed by atoms with van der Waals surface area (Å²) in [4.78, 5) is 58.2. The van der Waals surface area contributed by atoms with Gasteiger partial charge in [-0.05, 0) is 52.9 Å². The van der Waals surface area contributed by atoms with E-state index >= 15 is 0 Å². The molecule has 44 heavy (non-hydrogen) atoms. The van der Waals surface area contributed by atoms with E-state index in [1.54, 1.807) is 12.1 Å². The number of hydrazine groups is 1. The molecule has 0 bridgehead atoms. The number of ketones is 2. The highest BCUT2D eigenvalue weighted by atomic mass is 79.9. The van der Waals surface area contributed by atoms with Crippen LogP contribution in [0.25, 0.3) is 0 Å². The molecule has 1 aliphatic heterocycles. The minimum atomic E-state index is -4.80. The zero-order chi connectivity index (χ0) is 31.8. The summed E-state index contributed by atoms with van der Waals surface area (Å²) in [6.07, 6.45) is -1.75. The van der Waals surface area contributed by atoms with Crippen molar-refractivity contribution < 1.29 is 42.2 Å².